The molecule has 1 aromatic heterocycles. The number of hydrogen-bond acceptors (Lipinski definition) is 4. The number of carbonyl (C=O) groups excluding carboxylic acids is 1. The zero-order valence-electron chi connectivity index (χ0n) is 11.6. The fraction of sp³-hybridized carbons (Fsp3) is 0.385. The van der Waals surface area contributed by atoms with E-state index in [9.17, 15) is 13.2 Å². The van der Waals surface area contributed by atoms with Crippen LogP contribution in [0.1, 0.15) is 13.8 Å². The number of fused-ring (bicyclic) bond motifs is 1. The molecule has 0 saturated heterocycles. The van der Waals surface area contributed by atoms with Gasteiger partial charge >= 0.3 is 0 Å². The number of nitrogens with one attached hydrogen (secondary N) is 1. The standard InChI is InChI=1S/C13H17N3O3S/c1-4-16-11-8-6-5-7-10(11)14-13(16)15-12(17)9(2)20(3,18)19/h5-9H,4H2,1-3H3,(H,14,15,17). The molecule has 1 unspecified atom stereocenters. The minimum absolute atomic E-state index is 0.370. The van der Waals surface area contributed by atoms with Crippen molar-refractivity contribution >= 4 is 32.7 Å². The molecule has 1 amide bonds. The smallest absolute Gasteiger partial charge is 0.244 e. The molecule has 108 valence electrons. The Morgan fingerprint density at radius 3 is 2.65 bits per heavy atom. The molecule has 0 aliphatic heterocycles. The highest BCUT2D eigenvalue weighted by Crippen LogP contribution is 2.19. The number of amides is 1. The first-order valence-electron chi connectivity index (χ1n) is 6.29. The Morgan fingerprint density at radius 1 is 1.40 bits per heavy atom. The average Bonchev–Trinajstić information content (AvgIpc) is 2.73. The molecule has 6 nitrogen and oxygen atoms in total. The van der Waals surface area contributed by atoms with Crippen molar-refractivity contribution in [2.75, 3.05) is 11.6 Å². The topological polar surface area (TPSA) is 81.1 Å². The molecule has 1 atom stereocenters. The molecule has 2 rings (SSSR count). The van der Waals surface area contributed by atoms with Gasteiger partial charge in [0.2, 0.25) is 11.9 Å². The highest BCUT2D eigenvalue weighted by Gasteiger charge is 2.25. The molecule has 0 aliphatic carbocycles. The lowest BCUT2D eigenvalue weighted by Crippen LogP contribution is -2.32. The molecule has 0 fully saturated rings. The molecule has 0 saturated carbocycles. The largest absolute Gasteiger partial charge is 0.310 e. The number of rotatable bonds is 4. The van der Waals surface area contributed by atoms with E-state index in [1.165, 1.54) is 6.92 Å². The zero-order valence-corrected chi connectivity index (χ0v) is 12.4. The van der Waals surface area contributed by atoms with Crippen molar-refractivity contribution in [2.24, 2.45) is 0 Å². The Bertz CT molecular complexity index is 749. The van der Waals surface area contributed by atoms with Crippen molar-refractivity contribution in [3.05, 3.63) is 24.3 Å². The van der Waals surface area contributed by atoms with Crippen LogP contribution in [-0.4, -0.2) is 35.4 Å². The van der Waals surface area contributed by atoms with Crippen molar-refractivity contribution in [3.63, 3.8) is 0 Å². The monoisotopic (exact) mass is 295 g/mol. The van der Waals surface area contributed by atoms with E-state index in [0.29, 0.717) is 12.5 Å². The number of aryl methyl sites for hydroxylation is 1. The SMILES string of the molecule is CCn1c(NC(=O)C(C)S(C)(=O)=O)nc2ccccc21. The second-order valence-electron chi connectivity index (χ2n) is 4.63. The maximum Gasteiger partial charge on any atom is 0.244 e. The maximum atomic E-state index is 12.0. The second-order valence-corrected chi connectivity index (χ2v) is 7.00. The third-order valence-corrected chi connectivity index (χ3v) is 4.72. The van der Waals surface area contributed by atoms with Gasteiger partial charge in [0.15, 0.2) is 9.84 Å². The summed E-state index contributed by atoms with van der Waals surface area (Å²) < 4.78 is 24.6. The molecule has 0 radical (unpaired) electrons. The molecule has 1 heterocycles. The molecular weight excluding hydrogens is 278 g/mol. The van der Waals surface area contributed by atoms with Gasteiger partial charge in [0.1, 0.15) is 5.25 Å². The van der Waals surface area contributed by atoms with Crippen LogP contribution in [0.3, 0.4) is 0 Å². The van der Waals surface area contributed by atoms with Crippen LogP contribution in [0.4, 0.5) is 5.95 Å². The van der Waals surface area contributed by atoms with Crippen molar-refractivity contribution in [2.45, 2.75) is 25.6 Å². The normalized spacial score (nSPS) is 13.3. The predicted molar refractivity (Wildman–Crippen MR) is 78.3 cm³/mol. The van der Waals surface area contributed by atoms with Gasteiger partial charge in [0.05, 0.1) is 11.0 Å². The summed E-state index contributed by atoms with van der Waals surface area (Å²) in [7, 11) is -3.42. The van der Waals surface area contributed by atoms with Gasteiger partial charge < -0.3 is 4.57 Å². The van der Waals surface area contributed by atoms with Crippen molar-refractivity contribution < 1.29 is 13.2 Å². The Balaban J connectivity index is 2.37. The summed E-state index contributed by atoms with van der Waals surface area (Å²) in [4.78, 5) is 16.3. The third kappa shape index (κ3) is 2.67. The number of imidazole rings is 1. The van der Waals surface area contributed by atoms with Gasteiger partial charge in [-0.3, -0.25) is 10.1 Å². The Kier molecular flexibility index (Phi) is 3.80. The number of hydrogen-bond donors (Lipinski definition) is 1. The van der Waals surface area contributed by atoms with E-state index in [1.54, 1.807) is 0 Å². The molecular formula is C13H17N3O3S. The maximum absolute atomic E-state index is 12.0. The lowest BCUT2D eigenvalue weighted by Gasteiger charge is -2.11. The summed E-state index contributed by atoms with van der Waals surface area (Å²) in [5, 5.41) is 1.49. The van der Waals surface area contributed by atoms with Gasteiger partial charge in [0, 0.05) is 12.8 Å². The van der Waals surface area contributed by atoms with Crippen LogP contribution in [0.15, 0.2) is 24.3 Å². The molecule has 20 heavy (non-hydrogen) atoms. The predicted octanol–water partition coefficient (Wildman–Crippen LogP) is 1.43. The first-order valence-corrected chi connectivity index (χ1v) is 8.25. The number of nitrogens with zero attached hydrogens (tertiary/aromatic N) is 2. The fourth-order valence-electron chi connectivity index (χ4n) is 1.90. The lowest BCUT2D eigenvalue weighted by molar-refractivity contribution is -0.115. The minimum atomic E-state index is -3.42. The fourth-order valence-corrected chi connectivity index (χ4v) is 2.35. The molecule has 0 bridgehead atoms. The molecule has 2 aromatic rings. The van der Waals surface area contributed by atoms with E-state index in [2.05, 4.69) is 10.3 Å². The van der Waals surface area contributed by atoms with Crippen molar-refractivity contribution in [1.82, 2.24) is 9.55 Å². The third-order valence-electron chi connectivity index (χ3n) is 3.22. The number of anilines is 1. The Hall–Kier alpha value is -1.89. The zero-order chi connectivity index (χ0) is 14.9. The Morgan fingerprint density at radius 2 is 2.05 bits per heavy atom. The molecule has 1 N–H and O–H groups in total. The van der Waals surface area contributed by atoms with Crippen LogP contribution in [0.5, 0.6) is 0 Å². The van der Waals surface area contributed by atoms with Crippen LogP contribution in [0.2, 0.25) is 0 Å². The number of carbonyl (C=O) groups is 1. The van der Waals surface area contributed by atoms with Crippen LogP contribution >= 0.6 is 0 Å². The van der Waals surface area contributed by atoms with Gasteiger partial charge in [-0.05, 0) is 26.0 Å². The van der Waals surface area contributed by atoms with E-state index < -0.39 is 21.0 Å². The van der Waals surface area contributed by atoms with Crippen molar-refractivity contribution in [3.8, 4) is 0 Å². The molecule has 0 spiro atoms. The van der Waals surface area contributed by atoms with E-state index >= 15 is 0 Å². The first kappa shape index (κ1) is 14.5. The quantitative estimate of drug-likeness (QED) is 0.925. The van der Waals surface area contributed by atoms with Gasteiger partial charge in [-0.1, -0.05) is 12.1 Å². The van der Waals surface area contributed by atoms with Gasteiger partial charge in [0.25, 0.3) is 0 Å². The summed E-state index contributed by atoms with van der Waals surface area (Å²) in [6, 6.07) is 7.50. The summed E-state index contributed by atoms with van der Waals surface area (Å²) in [6.07, 6.45) is 1.04. The average molecular weight is 295 g/mol. The Labute approximate surface area is 117 Å². The lowest BCUT2D eigenvalue weighted by atomic mass is 10.3. The van der Waals surface area contributed by atoms with E-state index in [1.807, 2.05) is 35.8 Å². The summed E-state index contributed by atoms with van der Waals surface area (Å²) in [5.41, 5.74) is 1.66. The molecule has 0 aliphatic rings. The minimum Gasteiger partial charge on any atom is -0.310 e. The number of aromatic nitrogens is 2. The number of benzene rings is 1. The van der Waals surface area contributed by atoms with Crippen LogP contribution in [0, 0.1) is 0 Å². The highest BCUT2D eigenvalue weighted by atomic mass is 32.2. The second kappa shape index (κ2) is 5.24. The van der Waals surface area contributed by atoms with Crippen LogP contribution < -0.4 is 5.32 Å². The van der Waals surface area contributed by atoms with E-state index in [-0.39, 0.29) is 0 Å². The van der Waals surface area contributed by atoms with Gasteiger partial charge in [-0.15, -0.1) is 0 Å². The highest BCUT2D eigenvalue weighted by molar-refractivity contribution is 7.92. The van der Waals surface area contributed by atoms with Gasteiger partial charge in [-0.2, -0.15) is 0 Å². The summed E-state index contributed by atoms with van der Waals surface area (Å²) >= 11 is 0. The summed E-state index contributed by atoms with van der Waals surface area (Å²) in [5.74, 6) is -0.202. The van der Waals surface area contributed by atoms with Crippen LogP contribution in [0.25, 0.3) is 11.0 Å². The van der Waals surface area contributed by atoms with Crippen LogP contribution in [-0.2, 0) is 21.2 Å². The molecule has 1 aromatic carbocycles. The van der Waals surface area contributed by atoms with Gasteiger partial charge in [-0.25, -0.2) is 13.4 Å². The number of sulfone groups is 1. The first-order chi connectivity index (χ1) is 9.34. The van der Waals surface area contributed by atoms with E-state index in [0.717, 1.165) is 17.3 Å². The van der Waals surface area contributed by atoms with Crippen molar-refractivity contribution in [1.29, 1.82) is 0 Å². The van der Waals surface area contributed by atoms with E-state index in [4.69, 9.17) is 0 Å². The summed E-state index contributed by atoms with van der Waals surface area (Å²) in [6.45, 7) is 3.93. The molecule has 7 heteroatoms. The number of para-hydroxylation sites is 2.